The number of phenols is 2. The number of ether oxygens (including phenoxy) is 2. The molecule has 7 heteroatoms. The number of hydrogen-bond donors (Lipinski definition) is 3. The number of hydrogen-bond acceptors (Lipinski definition) is 7. The Morgan fingerprint density at radius 3 is 1.69 bits per heavy atom. The fraction of sp³-hybridized carbons (Fsp3) is 0.273. The normalized spacial score (nSPS) is 13.4. The smallest absolute Gasteiger partial charge is 0.333 e. The van der Waals surface area contributed by atoms with Gasteiger partial charge >= 0.3 is 11.9 Å². The summed E-state index contributed by atoms with van der Waals surface area (Å²) in [6.07, 6.45) is 29.3. The fourth-order valence-electron chi connectivity index (χ4n) is 4.92. The zero-order valence-corrected chi connectivity index (χ0v) is 29.5. The van der Waals surface area contributed by atoms with Crippen LogP contribution in [0.1, 0.15) is 74.7 Å². The standard InChI is InChI=1S/C44H51NO6/c1-2-3-4-5-6-7-8-9-10-11-12-13-14-15-16-17-18-25-30-41(48)51-44(49)42(45-34-36-26-21-19-22-27-36)43(38-31-32-39(46)40(47)33-38)50-35-37-28-23-20-24-29-37/h3-4,6-7,9-10,12-13,15-16,18-29,31-33,42-43,45-47H,2,5,8,11,14,17,30,34-35H2,1H3/b4-3-,7-6-,10-9-,13-12-,16-15-,25-18-/t42-,43+/m0/s1. The van der Waals surface area contributed by atoms with Crippen molar-refractivity contribution < 1.29 is 29.3 Å². The molecule has 268 valence electrons. The lowest BCUT2D eigenvalue weighted by atomic mass is 10.0. The molecular weight excluding hydrogens is 638 g/mol. The molecule has 2 atom stereocenters. The molecule has 0 spiro atoms. The predicted octanol–water partition coefficient (Wildman–Crippen LogP) is 9.67. The zero-order chi connectivity index (χ0) is 36.4. The average Bonchev–Trinajstić information content (AvgIpc) is 3.14. The van der Waals surface area contributed by atoms with Gasteiger partial charge in [-0.05, 0) is 67.3 Å². The summed E-state index contributed by atoms with van der Waals surface area (Å²) < 4.78 is 11.6. The summed E-state index contributed by atoms with van der Waals surface area (Å²) in [5.74, 6) is -2.16. The van der Waals surface area contributed by atoms with Crippen molar-refractivity contribution >= 4 is 11.9 Å². The number of carbonyl (C=O) groups is 2. The molecule has 0 unspecified atom stereocenters. The van der Waals surface area contributed by atoms with Gasteiger partial charge in [-0.2, -0.15) is 0 Å². The lowest BCUT2D eigenvalue weighted by molar-refractivity contribution is -0.163. The minimum atomic E-state index is -1.12. The van der Waals surface area contributed by atoms with E-state index in [1.165, 1.54) is 12.1 Å². The minimum absolute atomic E-state index is 0.0720. The van der Waals surface area contributed by atoms with Crippen molar-refractivity contribution in [3.8, 4) is 11.5 Å². The third-order valence-corrected chi connectivity index (χ3v) is 7.62. The second kappa shape index (κ2) is 24.8. The predicted molar refractivity (Wildman–Crippen MR) is 205 cm³/mol. The molecule has 0 radical (unpaired) electrons. The van der Waals surface area contributed by atoms with Gasteiger partial charge < -0.3 is 19.7 Å². The summed E-state index contributed by atoms with van der Waals surface area (Å²) in [7, 11) is 0. The molecular formula is C44H51NO6. The van der Waals surface area contributed by atoms with Gasteiger partial charge in [-0.15, -0.1) is 0 Å². The molecule has 3 rings (SSSR count). The van der Waals surface area contributed by atoms with E-state index in [4.69, 9.17) is 9.47 Å². The maximum atomic E-state index is 13.6. The first-order valence-electron chi connectivity index (χ1n) is 17.6. The Balaban J connectivity index is 1.53. The number of esters is 2. The Morgan fingerprint density at radius 1 is 0.647 bits per heavy atom. The number of phenolic OH excluding ortho intramolecular Hbond substituents is 2. The van der Waals surface area contributed by atoms with Gasteiger partial charge in [-0.1, -0.05) is 147 Å². The second-order valence-corrected chi connectivity index (χ2v) is 11.7. The first-order chi connectivity index (χ1) is 25.0. The van der Waals surface area contributed by atoms with Crippen LogP contribution in [0, 0.1) is 0 Å². The van der Waals surface area contributed by atoms with E-state index in [0.717, 1.165) is 43.2 Å². The number of aromatic hydroxyl groups is 2. The van der Waals surface area contributed by atoms with Crippen molar-refractivity contribution in [1.29, 1.82) is 0 Å². The van der Waals surface area contributed by atoms with Crippen LogP contribution in [0.5, 0.6) is 11.5 Å². The monoisotopic (exact) mass is 689 g/mol. The van der Waals surface area contributed by atoms with E-state index in [0.29, 0.717) is 12.0 Å². The maximum Gasteiger partial charge on any atom is 0.333 e. The van der Waals surface area contributed by atoms with Crippen molar-refractivity contribution in [3.05, 3.63) is 168 Å². The number of benzene rings is 3. The Hall–Kier alpha value is -5.24. The van der Waals surface area contributed by atoms with Crippen LogP contribution in [0.4, 0.5) is 0 Å². The van der Waals surface area contributed by atoms with Crippen LogP contribution >= 0.6 is 0 Å². The SMILES string of the molecule is CC/C=C\C/C=C\C/C=C\C/C=C\C/C=C\C/C=C\CC(=O)OC(=O)[C@@H](NCc1ccccc1)[C@H](OCc1ccccc1)c1ccc(O)c(O)c1. The maximum absolute atomic E-state index is 13.6. The van der Waals surface area contributed by atoms with Crippen molar-refractivity contribution in [3.63, 3.8) is 0 Å². The van der Waals surface area contributed by atoms with Gasteiger partial charge in [0.25, 0.3) is 0 Å². The Morgan fingerprint density at radius 2 is 1.16 bits per heavy atom. The molecule has 0 bridgehead atoms. The van der Waals surface area contributed by atoms with E-state index in [-0.39, 0.29) is 31.1 Å². The number of carbonyl (C=O) groups excluding carboxylic acids is 2. The molecule has 0 aromatic heterocycles. The fourth-order valence-corrected chi connectivity index (χ4v) is 4.92. The van der Waals surface area contributed by atoms with E-state index >= 15 is 0 Å². The topological polar surface area (TPSA) is 105 Å². The molecule has 0 saturated heterocycles. The molecule has 3 aromatic carbocycles. The van der Waals surface area contributed by atoms with Crippen LogP contribution in [-0.2, 0) is 32.2 Å². The van der Waals surface area contributed by atoms with E-state index in [9.17, 15) is 19.8 Å². The molecule has 0 amide bonds. The molecule has 0 aliphatic rings. The van der Waals surface area contributed by atoms with Gasteiger partial charge in [0.2, 0.25) is 0 Å². The van der Waals surface area contributed by atoms with Gasteiger partial charge in [0.05, 0.1) is 13.0 Å². The van der Waals surface area contributed by atoms with Gasteiger partial charge in [-0.25, -0.2) is 4.79 Å². The quantitative estimate of drug-likeness (QED) is 0.0418. The van der Waals surface area contributed by atoms with Crippen molar-refractivity contribution in [2.75, 3.05) is 0 Å². The molecule has 3 aromatic rings. The summed E-state index contributed by atoms with van der Waals surface area (Å²) in [5.41, 5.74) is 2.21. The minimum Gasteiger partial charge on any atom is -0.504 e. The van der Waals surface area contributed by atoms with E-state index in [1.807, 2.05) is 72.8 Å². The summed E-state index contributed by atoms with van der Waals surface area (Å²) in [4.78, 5) is 26.4. The largest absolute Gasteiger partial charge is 0.504 e. The summed E-state index contributed by atoms with van der Waals surface area (Å²) in [6, 6.07) is 22.1. The van der Waals surface area contributed by atoms with Crippen molar-refractivity contribution in [2.24, 2.45) is 0 Å². The van der Waals surface area contributed by atoms with Crippen LogP contribution < -0.4 is 5.32 Å². The first kappa shape index (κ1) is 40.2. The second-order valence-electron chi connectivity index (χ2n) is 11.7. The van der Waals surface area contributed by atoms with Crippen LogP contribution in [0.3, 0.4) is 0 Å². The van der Waals surface area contributed by atoms with Crippen LogP contribution in [0.25, 0.3) is 0 Å². The lowest BCUT2D eigenvalue weighted by Crippen LogP contribution is -2.44. The molecule has 0 aliphatic heterocycles. The molecule has 3 N–H and O–H groups in total. The molecule has 0 heterocycles. The average molecular weight is 690 g/mol. The van der Waals surface area contributed by atoms with Crippen LogP contribution in [0.2, 0.25) is 0 Å². The highest BCUT2D eigenvalue weighted by Crippen LogP contribution is 2.32. The number of rotatable bonds is 22. The van der Waals surface area contributed by atoms with Crippen molar-refractivity contribution in [1.82, 2.24) is 5.32 Å². The van der Waals surface area contributed by atoms with Crippen LogP contribution in [-0.4, -0.2) is 28.2 Å². The Kier molecular flexibility index (Phi) is 19.6. The van der Waals surface area contributed by atoms with E-state index in [2.05, 4.69) is 66.9 Å². The van der Waals surface area contributed by atoms with Gasteiger partial charge in [0.1, 0.15) is 12.1 Å². The van der Waals surface area contributed by atoms with E-state index < -0.39 is 24.1 Å². The Bertz CT molecular complexity index is 1620. The number of allylic oxidation sites excluding steroid dienone is 11. The molecule has 0 aliphatic carbocycles. The van der Waals surface area contributed by atoms with Gasteiger partial charge in [0, 0.05) is 6.54 Å². The van der Waals surface area contributed by atoms with Gasteiger partial charge in [-0.3, -0.25) is 10.1 Å². The molecule has 0 fully saturated rings. The lowest BCUT2D eigenvalue weighted by Gasteiger charge is -2.27. The van der Waals surface area contributed by atoms with Crippen LogP contribution in [0.15, 0.2) is 152 Å². The molecule has 51 heavy (non-hydrogen) atoms. The molecule has 7 nitrogen and oxygen atoms in total. The summed E-state index contributed by atoms with van der Waals surface area (Å²) >= 11 is 0. The number of nitrogens with one attached hydrogen (secondary N) is 1. The zero-order valence-electron chi connectivity index (χ0n) is 29.5. The van der Waals surface area contributed by atoms with Gasteiger partial charge in [0.15, 0.2) is 11.5 Å². The third kappa shape index (κ3) is 16.8. The highest BCUT2D eigenvalue weighted by atomic mass is 16.6. The summed E-state index contributed by atoms with van der Waals surface area (Å²) in [5, 5.41) is 23.4. The van der Waals surface area contributed by atoms with E-state index in [1.54, 1.807) is 12.1 Å². The highest BCUT2D eigenvalue weighted by Gasteiger charge is 2.33. The third-order valence-electron chi connectivity index (χ3n) is 7.62. The molecule has 0 saturated carbocycles. The highest BCUT2D eigenvalue weighted by molar-refractivity contribution is 5.89. The first-order valence-corrected chi connectivity index (χ1v) is 17.6. The Labute approximate surface area is 303 Å². The van der Waals surface area contributed by atoms with Crippen molar-refractivity contribution in [2.45, 2.75) is 77.2 Å². The summed E-state index contributed by atoms with van der Waals surface area (Å²) in [6.45, 7) is 2.57.